The molecular weight excluding hydrogens is 152 g/mol. The Morgan fingerprint density at radius 2 is 2.17 bits per heavy atom. The van der Waals surface area contributed by atoms with E-state index in [0.29, 0.717) is 18.7 Å². The number of rotatable bonds is 1. The number of likely N-dealkylation sites (N-methyl/N-ethyl adjacent to an activating group) is 1. The lowest BCUT2D eigenvalue weighted by Gasteiger charge is -2.36. The molecule has 0 aliphatic carbocycles. The number of aliphatic hydroxyl groups excluding tert-OH is 1. The van der Waals surface area contributed by atoms with E-state index in [-0.39, 0.29) is 0 Å². The second-order valence-corrected chi connectivity index (χ2v) is 4.07. The summed E-state index contributed by atoms with van der Waals surface area (Å²) in [6.07, 6.45) is 2.96. The molecule has 2 heterocycles. The summed E-state index contributed by atoms with van der Waals surface area (Å²) >= 11 is 0. The van der Waals surface area contributed by atoms with Crippen molar-refractivity contribution >= 4 is 0 Å². The van der Waals surface area contributed by atoms with Crippen molar-refractivity contribution in [1.82, 2.24) is 9.80 Å². The molecule has 0 aromatic heterocycles. The lowest BCUT2D eigenvalue weighted by molar-refractivity contribution is 0.0583. The molecule has 0 saturated carbocycles. The highest BCUT2D eigenvalue weighted by Crippen LogP contribution is 2.27. The van der Waals surface area contributed by atoms with E-state index in [9.17, 15) is 0 Å². The average Bonchev–Trinajstić information content (AvgIpc) is 2.47. The molecule has 2 rings (SSSR count). The van der Waals surface area contributed by atoms with E-state index in [0.717, 1.165) is 6.42 Å². The van der Waals surface area contributed by atoms with Gasteiger partial charge in [0.2, 0.25) is 0 Å². The minimum absolute atomic E-state index is 0.373. The van der Waals surface area contributed by atoms with E-state index in [1.165, 1.54) is 26.1 Å². The number of aliphatic hydroxyl groups is 1. The Morgan fingerprint density at radius 1 is 1.33 bits per heavy atom. The van der Waals surface area contributed by atoms with Crippen LogP contribution in [-0.4, -0.2) is 54.4 Å². The molecule has 70 valence electrons. The third-order valence-corrected chi connectivity index (χ3v) is 3.30. The van der Waals surface area contributed by atoms with Crippen molar-refractivity contribution in [3.63, 3.8) is 0 Å². The molecule has 0 spiro atoms. The molecule has 2 aliphatic heterocycles. The Bertz CT molecular complexity index is 163. The number of fused-ring (bicyclic) bond motifs is 1. The Labute approximate surface area is 74.0 Å². The van der Waals surface area contributed by atoms with Crippen LogP contribution in [0.4, 0.5) is 0 Å². The van der Waals surface area contributed by atoms with Crippen LogP contribution >= 0.6 is 0 Å². The van der Waals surface area contributed by atoms with E-state index >= 15 is 0 Å². The largest absolute Gasteiger partial charge is 0.396 e. The molecule has 2 atom stereocenters. The number of nitrogens with zero attached hydrogens (tertiary/aromatic N) is 2. The smallest absolute Gasteiger partial charge is 0.0624 e. The van der Waals surface area contributed by atoms with Crippen molar-refractivity contribution in [2.45, 2.75) is 19.0 Å². The average molecular weight is 170 g/mol. The number of hydrogen-bond donors (Lipinski definition) is 1. The first kappa shape index (κ1) is 8.48. The quantitative estimate of drug-likeness (QED) is 0.598. The second kappa shape index (κ2) is 3.32. The molecule has 0 bridgehead atoms. The van der Waals surface area contributed by atoms with Gasteiger partial charge in [-0.2, -0.15) is 0 Å². The molecule has 2 fully saturated rings. The van der Waals surface area contributed by atoms with E-state index in [2.05, 4.69) is 16.8 Å². The zero-order valence-corrected chi connectivity index (χ0v) is 7.74. The van der Waals surface area contributed by atoms with Crippen molar-refractivity contribution in [1.29, 1.82) is 0 Å². The van der Waals surface area contributed by atoms with Crippen molar-refractivity contribution < 1.29 is 5.11 Å². The summed E-state index contributed by atoms with van der Waals surface area (Å²) in [4.78, 5) is 4.94. The lowest BCUT2D eigenvalue weighted by atomic mass is 9.96. The summed E-state index contributed by atoms with van der Waals surface area (Å²) in [6.45, 7) is 3.97. The third kappa shape index (κ3) is 1.37. The highest BCUT2D eigenvalue weighted by molar-refractivity contribution is 4.86. The van der Waals surface area contributed by atoms with Gasteiger partial charge in [-0.25, -0.2) is 0 Å². The van der Waals surface area contributed by atoms with E-state index < -0.39 is 0 Å². The van der Waals surface area contributed by atoms with Gasteiger partial charge in [0.05, 0.1) is 6.17 Å². The summed E-state index contributed by atoms with van der Waals surface area (Å²) in [5.74, 6) is 0.548. The molecule has 0 aromatic carbocycles. The predicted octanol–water partition coefficient (Wildman–Crippen LogP) is -0.0378. The standard InChI is InChI=1S/C9H18N2O/c1-10-4-5-11-3-2-8(7-12)6-9(10)11/h8-9,12H,2-7H2,1H3. The molecule has 3 heteroatoms. The number of hydrogen-bond acceptors (Lipinski definition) is 3. The van der Waals surface area contributed by atoms with Crippen LogP contribution in [0.5, 0.6) is 0 Å². The number of piperidine rings is 1. The molecular formula is C9H18N2O. The van der Waals surface area contributed by atoms with Crippen LogP contribution in [0, 0.1) is 5.92 Å². The predicted molar refractivity (Wildman–Crippen MR) is 47.8 cm³/mol. The van der Waals surface area contributed by atoms with Crippen LogP contribution in [0.2, 0.25) is 0 Å². The summed E-state index contributed by atoms with van der Waals surface area (Å²) < 4.78 is 0. The minimum Gasteiger partial charge on any atom is -0.396 e. The van der Waals surface area contributed by atoms with Crippen LogP contribution in [0.3, 0.4) is 0 Å². The van der Waals surface area contributed by atoms with Crippen molar-refractivity contribution in [2.24, 2.45) is 5.92 Å². The van der Waals surface area contributed by atoms with Gasteiger partial charge in [-0.05, 0) is 25.8 Å². The highest BCUT2D eigenvalue weighted by Gasteiger charge is 2.34. The van der Waals surface area contributed by atoms with Gasteiger partial charge < -0.3 is 5.11 Å². The molecule has 2 aliphatic rings. The summed E-state index contributed by atoms with van der Waals surface area (Å²) in [5, 5.41) is 9.06. The van der Waals surface area contributed by atoms with Crippen LogP contribution in [-0.2, 0) is 0 Å². The first-order valence-corrected chi connectivity index (χ1v) is 4.86. The van der Waals surface area contributed by atoms with Gasteiger partial charge in [-0.1, -0.05) is 0 Å². The topological polar surface area (TPSA) is 26.7 Å². The van der Waals surface area contributed by atoms with Gasteiger partial charge in [0.1, 0.15) is 0 Å². The van der Waals surface area contributed by atoms with Crippen molar-refractivity contribution in [3.05, 3.63) is 0 Å². The molecule has 3 nitrogen and oxygen atoms in total. The molecule has 2 unspecified atom stereocenters. The Morgan fingerprint density at radius 3 is 2.92 bits per heavy atom. The fraction of sp³-hybridized carbons (Fsp3) is 1.00. The summed E-state index contributed by atoms with van der Waals surface area (Å²) in [7, 11) is 2.18. The second-order valence-electron chi connectivity index (χ2n) is 4.07. The third-order valence-electron chi connectivity index (χ3n) is 3.30. The van der Waals surface area contributed by atoms with E-state index in [4.69, 9.17) is 5.11 Å². The van der Waals surface area contributed by atoms with Crippen LogP contribution in [0.15, 0.2) is 0 Å². The van der Waals surface area contributed by atoms with Gasteiger partial charge in [-0.15, -0.1) is 0 Å². The van der Waals surface area contributed by atoms with E-state index in [1.54, 1.807) is 0 Å². The lowest BCUT2D eigenvalue weighted by Crippen LogP contribution is -2.44. The molecule has 0 radical (unpaired) electrons. The maximum absolute atomic E-state index is 9.06. The summed E-state index contributed by atoms with van der Waals surface area (Å²) in [5.41, 5.74) is 0. The van der Waals surface area contributed by atoms with Gasteiger partial charge in [-0.3, -0.25) is 9.80 Å². The maximum atomic E-state index is 9.06. The Hall–Kier alpha value is -0.120. The van der Waals surface area contributed by atoms with Crippen LogP contribution in [0.1, 0.15) is 12.8 Å². The van der Waals surface area contributed by atoms with Crippen molar-refractivity contribution in [2.75, 3.05) is 33.3 Å². The van der Waals surface area contributed by atoms with Gasteiger partial charge in [0, 0.05) is 26.2 Å². The SMILES string of the molecule is CN1CCN2CCC(CO)CC12. The fourth-order valence-electron chi connectivity index (χ4n) is 2.38. The van der Waals surface area contributed by atoms with Crippen LogP contribution < -0.4 is 0 Å². The highest BCUT2D eigenvalue weighted by atomic mass is 16.3. The van der Waals surface area contributed by atoms with Gasteiger partial charge >= 0.3 is 0 Å². The Kier molecular flexibility index (Phi) is 2.35. The van der Waals surface area contributed by atoms with Crippen LogP contribution in [0.25, 0.3) is 0 Å². The zero-order chi connectivity index (χ0) is 8.55. The monoisotopic (exact) mass is 170 g/mol. The molecule has 2 saturated heterocycles. The molecule has 12 heavy (non-hydrogen) atoms. The molecule has 1 N–H and O–H groups in total. The van der Waals surface area contributed by atoms with Gasteiger partial charge in [0.15, 0.2) is 0 Å². The van der Waals surface area contributed by atoms with Gasteiger partial charge in [0.25, 0.3) is 0 Å². The normalized spacial score (nSPS) is 38.5. The molecule has 0 aromatic rings. The zero-order valence-electron chi connectivity index (χ0n) is 7.74. The Balaban J connectivity index is 1.97. The van der Waals surface area contributed by atoms with Crippen molar-refractivity contribution in [3.8, 4) is 0 Å². The fourth-order valence-corrected chi connectivity index (χ4v) is 2.38. The minimum atomic E-state index is 0.373. The first-order chi connectivity index (χ1) is 5.81. The maximum Gasteiger partial charge on any atom is 0.0624 e. The van der Waals surface area contributed by atoms with E-state index in [1.807, 2.05) is 0 Å². The summed E-state index contributed by atoms with van der Waals surface area (Å²) in [6, 6.07) is 0. The first-order valence-electron chi connectivity index (χ1n) is 4.86. The molecule has 0 amide bonds.